The molecule has 0 aromatic heterocycles. The summed E-state index contributed by atoms with van der Waals surface area (Å²) in [5.74, 6) is -0.152. The predicted octanol–water partition coefficient (Wildman–Crippen LogP) is 1.84. The highest BCUT2D eigenvalue weighted by Gasteiger charge is 2.16. The fourth-order valence-electron chi connectivity index (χ4n) is 2.67. The third kappa shape index (κ3) is 6.38. The molecular weight excluding hydrogens is 393 g/mol. The summed E-state index contributed by atoms with van der Waals surface area (Å²) in [7, 11) is -2.15. The maximum Gasteiger partial charge on any atom is 0.240 e. The van der Waals surface area contributed by atoms with Gasteiger partial charge in [-0.2, -0.15) is 0 Å². The molecule has 0 bridgehead atoms. The van der Waals surface area contributed by atoms with Crippen LogP contribution in [0, 0.1) is 19.7 Å². The van der Waals surface area contributed by atoms with Crippen molar-refractivity contribution in [1.29, 1.82) is 0 Å². The second-order valence-corrected chi connectivity index (χ2v) is 8.10. The SMILES string of the molecule is CNNC(C=C(N)c1ccccc1C)=NCCNS(=O)(=O)c1cc(F)ccc1C. The highest BCUT2D eigenvalue weighted by Crippen LogP contribution is 2.16. The van der Waals surface area contributed by atoms with Crippen molar-refractivity contribution in [3.63, 3.8) is 0 Å². The molecule has 0 saturated carbocycles. The van der Waals surface area contributed by atoms with Gasteiger partial charge >= 0.3 is 0 Å². The number of benzene rings is 2. The molecule has 2 rings (SSSR count). The molecule has 0 fully saturated rings. The lowest BCUT2D eigenvalue weighted by atomic mass is 10.1. The Morgan fingerprint density at radius 3 is 2.59 bits per heavy atom. The monoisotopic (exact) mass is 419 g/mol. The molecule has 2 aromatic rings. The normalized spacial score (nSPS) is 12.8. The average Bonchev–Trinajstić information content (AvgIpc) is 2.67. The minimum Gasteiger partial charge on any atom is -0.398 e. The smallest absolute Gasteiger partial charge is 0.240 e. The van der Waals surface area contributed by atoms with Gasteiger partial charge < -0.3 is 11.2 Å². The Bertz CT molecular complexity index is 1020. The van der Waals surface area contributed by atoms with E-state index in [0.717, 1.165) is 17.2 Å². The summed E-state index contributed by atoms with van der Waals surface area (Å²) < 4.78 is 40.6. The van der Waals surface area contributed by atoms with Crippen LogP contribution in [0.3, 0.4) is 0 Å². The van der Waals surface area contributed by atoms with Gasteiger partial charge in [0.25, 0.3) is 0 Å². The lowest BCUT2D eigenvalue weighted by Gasteiger charge is -2.10. The van der Waals surface area contributed by atoms with Crippen LogP contribution in [0.5, 0.6) is 0 Å². The number of hydrogen-bond acceptors (Lipinski definition) is 5. The van der Waals surface area contributed by atoms with E-state index in [1.54, 1.807) is 20.0 Å². The number of nitrogens with zero attached hydrogens (tertiary/aromatic N) is 1. The summed E-state index contributed by atoms with van der Waals surface area (Å²) in [6, 6.07) is 11.3. The maximum absolute atomic E-state index is 13.4. The molecule has 0 heterocycles. The van der Waals surface area contributed by atoms with E-state index in [1.165, 1.54) is 12.1 Å². The van der Waals surface area contributed by atoms with E-state index in [2.05, 4.69) is 20.6 Å². The lowest BCUT2D eigenvalue weighted by Crippen LogP contribution is -2.34. The van der Waals surface area contributed by atoms with Gasteiger partial charge in [0, 0.05) is 30.9 Å². The van der Waals surface area contributed by atoms with E-state index >= 15 is 0 Å². The molecule has 0 aliphatic carbocycles. The molecule has 0 aliphatic rings. The van der Waals surface area contributed by atoms with Gasteiger partial charge in [0.1, 0.15) is 11.7 Å². The molecule has 2 aromatic carbocycles. The van der Waals surface area contributed by atoms with Crippen LogP contribution in [0.15, 0.2) is 58.4 Å². The zero-order chi connectivity index (χ0) is 21.4. The maximum atomic E-state index is 13.4. The van der Waals surface area contributed by atoms with E-state index in [9.17, 15) is 12.8 Å². The second-order valence-electron chi connectivity index (χ2n) is 6.36. The van der Waals surface area contributed by atoms with E-state index < -0.39 is 15.8 Å². The van der Waals surface area contributed by atoms with Crippen molar-refractivity contribution >= 4 is 21.6 Å². The van der Waals surface area contributed by atoms with Crippen LogP contribution in [-0.2, 0) is 10.0 Å². The van der Waals surface area contributed by atoms with Crippen molar-refractivity contribution in [1.82, 2.24) is 15.6 Å². The summed E-state index contributed by atoms with van der Waals surface area (Å²) in [6.07, 6.45) is 1.67. The van der Waals surface area contributed by atoms with Gasteiger partial charge in [-0.25, -0.2) is 23.0 Å². The fraction of sp³-hybridized carbons (Fsp3) is 0.250. The fourth-order valence-corrected chi connectivity index (χ4v) is 3.94. The largest absolute Gasteiger partial charge is 0.398 e. The molecule has 0 amide bonds. The summed E-state index contributed by atoms with van der Waals surface area (Å²) in [4.78, 5) is 4.25. The average molecular weight is 420 g/mol. The number of amidine groups is 1. The number of aliphatic imine (C=N–C) groups is 1. The molecule has 0 spiro atoms. The summed E-state index contributed by atoms with van der Waals surface area (Å²) in [6.45, 7) is 3.78. The first-order chi connectivity index (χ1) is 13.7. The van der Waals surface area contributed by atoms with Crippen molar-refractivity contribution in [3.05, 3.63) is 71.0 Å². The molecular formula is C20H26FN5O2S. The zero-order valence-corrected chi connectivity index (χ0v) is 17.5. The Kier molecular flexibility index (Phi) is 7.89. The number of hydrazine groups is 1. The van der Waals surface area contributed by atoms with Gasteiger partial charge in [0.15, 0.2) is 0 Å². The van der Waals surface area contributed by atoms with Crippen molar-refractivity contribution in [2.24, 2.45) is 10.7 Å². The molecule has 29 heavy (non-hydrogen) atoms. The van der Waals surface area contributed by atoms with Gasteiger partial charge in [0.2, 0.25) is 10.0 Å². The third-order valence-electron chi connectivity index (χ3n) is 4.13. The number of aryl methyl sites for hydroxylation is 2. The molecule has 7 nitrogen and oxygen atoms in total. The van der Waals surface area contributed by atoms with Gasteiger partial charge in [0.05, 0.1) is 11.4 Å². The Morgan fingerprint density at radius 2 is 1.90 bits per heavy atom. The van der Waals surface area contributed by atoms with E-state index in [-0.39, 0.29) is 18.0 Å². The highest BCUT2D eigenvalue weighted by molar-refractivity contribution is 7.89. The summed E-state index contributed by atoms with van der Waals surface area (Å²) >= 11 is 0. The number of nitrogens with one attached hydrogen (secondary N) is 3. The summed E-state index contributed by atoms with van der Waals surface area (Å²) in [5, 5.41) is 0. The van der Waals surface area contributed by atoms with Crippen molar-refractivity contribution < 1.29 is 12.8 Å². The van der Waals surface area contributed by atoms with E-state index in [1.807, 2.05) is 31.2 Å². The standard InChI is InChI=1S/C20H26FN5O2S/c1-14-6-4-5-7-17(14)18(22)13-20(26-23-3)24-10-11-25-29(27,28)19-12-16(21)9-8-15(19)2/h4-9,12-13,23,25H,10-11,22H2,1-3H3,(H,24,26). The number of nitrogens with two attached hydrogens (primary N) is 1. The second kappa shape index (κ2) is 10.1. The molecule has 0 saturated heterocycles. The molecule has 0 atom stereocenters. The minimum absolute atomic E-state index is 0.0469. The van der Waals surface area contributed by atoms with Crippen LogP contribution < -0.4 is 21.3 Å². The Balaban J connectivity index is 2.08. The van der Waals surface area contributed by atoms with Gasteiger partial charge in [-0.15, -0.1) is 0 Å². The van der Waals surface area contributed by atoms with E-state index in [0.29, 0.717) is 17.1 Å². The van der Waals surface area contributed by atoms with Gasteiger partial charge in [-0.1, -0.05) is 30.3 Å². The van der Waals surface area contributed by atoms with Crippen molar-refractivity contribution in [2.75, 3.05) is 20.1 Å². The first kappa shape index (κ1) is 22.5. The van der Waals surface area contributed by atoms with Crippen LogP contribution in [-0.4, -0.2) is 34.4 Å². The molecule has 156 valence electrons. The quantitative estimate of drug-likeness (QED) is 0.226. The van der Waals surface area contributed by atoms with E-state index in [4.69, 9.17) is 5.73 Å². The topological polar surface area (TPSA) is 109 Å². The predicted molar refractivity (Wildman–Crippen MR) is 114 cm³/mol. The van der Waals surface area contributed by atoms with Crippen LogP contribution in [0.4, 0.5) is 4.39 Å². The minimum atomic E-state index is -3.83. The Morgan fingerprint density at radius 1 is 1.17 bits per heavy atom. The van der Waals surface area contributed by atoms with Crippen LogP contribution in [0.2, 0.25) is 0 Å². The third-order valence-corrected chi connectivity index (χ3v) is 5.73. The Labute approximate surface area is 170 Å². The molecule has 5 N–H and O–H groups in total. The zero-order valence-electron chi connectivity index (χ0n) is 16.7. The molecule has 0 unspecified atom stereocenters. The first-order valence-electron chi connectivity index (χ1n) is 9.01. The first-order valence-corrected chi connectivity index (χ1v) is 10.5. The molecule has 0 radical (unpaired) electrons. The number of sulfonamides is 1. The number of rotatable bonds is 8. The van der Waals surface area contributed by atoms with Gasteiger partial charge in [-0.3, -0.25) is 4.99 Å². The van der Waals surface area contributed by atoms with Crippen LogP contribution in [0.25, 0.3) is 5.70 Å². The van der Waals surface area contributed by atoms with Gasteiger partial charge in [-0.05, 0) is 37.1 Å². The van der Waals surface area contributed by atoms with Crippen LogP contribution >= 0.6 is 0 Å². The highest BCUT2D eigenvalue weighted by atomic mass is 32.2. The Hall–Kier alpha value is -2.75. The number of hydrogen-bond donors (Lipinski definition) is 4. The lowest BCUT2D eigenvalue weighted by molar-refractivity contribution is 0.577. The van der Waals surface area contributed by atoms with Crippen molar-refractivity contribution in [2.45, 2.75) is 18.7 Å². The summed E-state index contributed by atoms with van der Waals surface area (Å²) in [5.41, 5.74) is 14.7. The molecule has 0 aliphatic heterocycles. The van der Waals surface area contributed by atoms with Crippen molar-refractivity contribution in [3.8, 4) is 0 Å². The number of halogens is 1. The molecule has 9 heteroatoms. The van der Waals surface area contributed by atoms with Crippen LogP contribution in [0.1, 0.15) is 16.7 Å².